The highest BCUT2D eigenvalue weighted by Crippen LogP contribution is 2.31. The van der Waals surface area contributed by atoms with Gasteiger partial charge in [-0.05, 0) is 50.5 Å². The van der Waals surface area contributed by atoms with Gasteiger partial charge in [0.25, 0.3) is 11.8 Å². The van der Waals surface area contributed by atoms with Gasteiger partial charge in [0.2, 0.25) is 5.91 Å². The molecule has 2 aliphatic rings. The van der Waals surface area contributed by atoms with Gasteiger partial charge in [0.15, 0.2) is 0 Å². The standard InChI is InChI=1S/C23H24FN3O3/c1-15-9-10-16-17(14-15)23(30)27(22(16)29)13-5-8-20(28)25-21-18(24)6-4-7-19(21)26-11-2-3-12-26/h4,6-7,9-10,14H,2-3,5,8,11-13H2,1H3,(H,25,28). The van der Waals surface area contributed by atoms with E-state index in [9.17, 15) is 18.8 Å². The van der Waals surface area contributed by atoms with Crippen molar-refractivity contribution in [2.75, 3.05) is 29.9 Å². The van der Waals surface area contributed by atoms with Crippen LogP contribution in [0, 0.1) is 12.7 Å². The second-order valence-electron chi connectivity index (χ2n) is 7.79. The molecule has 0 aromatic heterocycles. The third-order valence-electron chi connectivity index (χ3n) is 5.61. The number of para-hydroxylation sites is 1. The number of nitrogens with one attached hydrogen (secondary N) is 1. The molecule has 0 bridgehead atoms. The molecule has 2 aromatic rings. The second-order valence-corrected chi connectivity index (χ2v) is 7.79. The van der Waals surface area contributed by atoms with Crippen LogP contribution in [-0.2, 0) is 4.79 Å². The molecule has 7 heteroatoms. The van der Waals surface area contributed by atoms with Crippen LogP contribution in [0.15, 0.2) is 36.4 Å². The Bertz CT molecular complexity index is 1010. The maximum absolute atomic E-state index is 14.4. The smallest absolute Gasteiger partial charge is 0.261 e. The molecule has 0 atom stereocenters. The maximum Gasteiger partial charge on any atom is 0.261 e. The van der Waals surface area contributed by atoms with Crippen LogP contribution in [0.5, 0.6) is 0 Å². The minimum atomic E-state index is -0.469. The first-order chi connectivity index (χ1) is 14.5. The van der Waals surface area contributed by atoms with Crippen LogP contribution in [0.25, 0.3) is 0 Å². The number of anilines is 2. The molecule has 6 nitrogen and oxygen atoms in total. The van der Waals surface area contributed by atoms with Crippen LogP contribution in [0.3, 0.4) is 0 Å². The van der Waals surface area contributed by atoms with Gasteiger partial charge >= 0.3 is 0 Å². The Balaban J connectivity index is 1.37. The van der Waals surface area contributed by atoms with Gasteiger partial charge in [0, 0.05) is 26.1 Å². The number of fused-ring (bicyclic) bond motifs is 1. The van der Waals surface area contributed by atoms with Gasteiger partial charge in [-0.2, -0.15) is 0 Å². The summed E-state index contributed by atoms with van der Waals surface area (Å²) in [5.41, 5.74) is 2.61. The van der Waals surface area contributed by atoms with Gasteiger partial charge in [-0.3, -0.25) is 19.3 Å². The predicted octanol–water partition coefficient (Wildman–Crippen LogP) is 3.75. The predicted molar refractivity (Wildman–Crippen MR) is 112 cm³/mol. The number of imide groups is 1. The molecule has 3 amide bonds. The fourth-order valence-corrected chi connectivity index (χ4v) is 4.07. The Morgan fingerprint density at radius 1 is 1.07 bits per heavy atom. The van der Waals surface area contributed by atoms with Crippen LogP contribution >= 0.6 is 0 Å². The summed E-state index contributed by atoms with van der Waals surface area (Å²) in [7, 11) is 0. The van der Waals surface area contributed by atoms with Gasteiger partial charge in [-0.25, -0.2) is 4.39 Å². The van der Waals surface area contributed by atoms with Crippen LogP contribution in [0.4, 0.5) is 15.8 Å². The molecule has 0 aliphatic carbocycles. The zero-order valence-electron chi connectivity index (χ0n) is 16.9. The molecule has 4 rings (SSSR count). The fourth-order valence-electron chi connectivity index (χ4n) is 4.07. The van der Waals surface area contributed by atoms with E-state index in [1.807, 2.05) is 13.0 Å². The van der Waals surface area contributed by atoms with E-state index in [4.69, 9.17) is 0 Å². The lowest BCUT2D eigenvalue weighted by Crippen LogP contribution is -2.31. The molecular formula is C23H24FN3O3. The van der Waals surface area contributed by atoms with Crippen molar-refractivity contribution in [3.63, 3.8) is 0 Å². The molecule has 1 N–H and O–H groups in total. The molecule has 2 heterocycles. The van der Waals surface area contributed by atoms with E-state index in [0.29, 0.717) is 23.2 Å². The van der Waals surface area contributed by atoms with Crippen molar-refractivity contribution in [2.45, 2.75) is 32.6 Å². The number of nitrogens with zero attached hydrogens (tertiary/aromatic N) is 2. The second kappa shape index (κ2) is 8.26. The van der Waals surface area contributed by atoms with Crippen molar-refractivity contribution in [2.24, 2.45) is 0 Å². The molecule has 2 aliphatic heterocycles. The summed E-state index contributed by atoms with van der Waals surface area (Å²) >= 11 is 0. The fraction of sp³-hybridized carbons (Fsp3) is 0.348. The van der Waals surface area contributed by atoms with E-state index < -0.39 is 5.82 Å². The Morgan fingerprint density at radius 2 is 1.80 bits per heavy atom. The van der Waals surface area contributed by atoms with Crippen LogP contribution in [0.2, 0.25) is 0 Å². The summed E-state index contributed by atoms with van der Waals surface area (Å²) in [6, 6.07) is 9.95. The van der Waals surface area contributed by atoms with Crippen molar-refractivity contribution in [1.29, 1.82) is 0 Å². The highest BCUT2D eigenvalue weighted by atomic mass is 19.1. The molecule has 156 valence electrons. The van der Waals surface area contributed by atoms with E-state index in [-0.39, 0.29) is 36.4 Å². The number of hydrogen-bond donors (Lipinski definition) is 1. The Hall–Kier alpha value is -3.22. The zero-order valence-corrected chi connectivity index (χ0v) is 16.9. The van der Waals surface area contributed by atoms with Crippen LogP contribution < -0.4 is 10.2 Å². The van der Waals surface area contributed by atoms with E-state index in [0.717, 1.165) is 31.5 Å². The van der Waals surface area contributed by atoms with Crippen molar-refractivity contribution in [3.8, 4) is 0 Å². The van der Waals surface area contributed by atoms with Crippen molar-refractivity contribution < 1.29 is 18.8 Å². The maximum atomic E-state index is 14.4. The number of aryl methyl sites for hydroxylation is 1. The first-order valence-corrected chi connectivity index (χ1v) is 10.3. The lowest BCUT2D eigenvalue weighted by Gasteiger charge is -2.22. The molecule has 1 fully saturated rings. The van der Waals surface area contributed by atoms with Gasteiger partial charge in [0.05, 0.1) is 16.8 Å². The SMILES string of the molecule is Cc1ccc2c(c1)C(=O)N(CCCC(=O)Nc1c(F)cccc1N1CCCC1)C2=O. The van der Waals surface area contributed by atoms with Crippen molar-refractivity contribution in [1.82, 2.24) is 4.90 Å². The van der Waals surface area contributed by atoms with E-state index in [1.165, 1.54) is 11.0 Å². The molecule has 0 spiro atoms. The molecule has 0 unspecified atom stereocenters. The number of rotatable bonds is 6. The number of halogens is 1. The Labute approximate surface area is 174 Å². The topological polar surface area (TPSA) is 69.7 Å². The van der Waals surface area contributed by atoms with Crippen molar-refractivity contribution in [3.05, 3.63) is 58.9 Å². The average molecular weight is 409 g/mol. The number of amides is 3. The molecular weight excluding hydrogens is 385 g/mol. The van der Waals surface area contributed by atoms with Crippen LogP contribution in [0.1, 0.15) is 52.0 Å². The Morgan fingerprint density at radius 3 is 2.57 bits per heavy atom. The first-order valence-electron chi connectivity index (χ1n) is 10.3. The average Bonchev–Trinajstić information content (AvgIpc) is 3.33. The third kappa shape index (κ3) is 3.79. The summed E-state index contributed by atoms with van der Waals surface area (Å²) in [6.07, 6.45) is 2.48. The first kappa shape index (κ1) is 20.1. The largest absolute Gasteiger partial charge is 0.370 e. The highest BCUT2D eigenvalue weighted by molar-refractivity contribution is 6.21. The summed E-state index contributed by atoms with van der Waals surface area (Å²) < 4.78 is 14.4. The summed E-state index contributed by atoms with van der Waals surface area (Å²) in [5.74, 6) is -1.47. The van der Waals surface area contributed by atoms with E-state index >= 15 is 0 Å². The Kier molecular flexibility index (Phi) is 5.53. The van der Waals surface area contributed by atoms with E-state index in [2.05, 4.69) is 10.2 Å². The number of carbonyl (C=O) groups excluding carboxylic acids is 3. The monoisotopic (exact) mass is 409 g/mol. The summed E-state index contributed by atoms with van der Waals surface area (Å²) in [4.78, 5) is 40.7. The van der Waals surface area contributed by atoms with Gasteiger partial charge in [-0.1, -0.05) is 17.7 Å². The minimum Gasteiger partial charge on any atom is -0.370 e. The quantitative estimate of drug-likeness (QED) is 0.738. The molecule has 2 aromatic carbocycles. The highest BCUT2D eigenvalue weighted by Gasteiger charge is 2.35. The molecule has 0 radical (unpaired) electrons. The van der Waals surface area contributed by atoms with E-state index in [1.54, 1.807) is 24.3 Å². The number of benzene rings is 2. The molecule has 30 heavy (non-hydrogen) atoms. The van der Waals surface area contributed by atoms with Crippen LogP contribution in [-0.4, -0.2) is 42.3 Å². The summed E-state index contributed by atoms with van der Waals surface area (Å²) in [6.45, 7) is 3.69. The zero-order chi connectivity index (χ0) is 21.3. The van der Waals surface area contributed by atoms with Crippen molar-refractivity contribution >= 4 is 29.1 Å². The van der Waals surface area contributed by atoms with Gasteiger partial charge < -0.3 is 10.2 Å². The number of hydrogen-bond acceptors (Lipinski definition) is 4. The minimum absolute atomic E-state index is 0.0835. The molecule has 0 saturated carbocycles. The summed E-state index contributed by atoms with van der Waals surface area (Å²) in [5, 5.41) is 2.68. The normalized spacial score (nSPS) is 15.7. The third-order valence-corrected chi connectivity index (χ3v) is 5.61. The molecule has 1 saturated heterocycles. The lowest BCUT2D eigenvalue weighted by atomic mass is 10.1. The lowest BCUT2D eigenvalue weighted by molar-refractivity contribution is -0.116. The van der Waals surface area contributed by atoms with Gasteiger partial charge in [0.1, 0.15) is 11.5 Å². The number of carbonyl (C=O) groups is 3. The van der Waals surface area contributed by atoms with Gasteiger partial charge in [-0.15, -0.1) is 0 Å².